The van der Waals surface area contributed by atoms with Crippen molar-refractivity contribution in [1.82, 2.24) is 0 Å². The third kappa shape index (κ3) is 2.59. The van der Waals surface area contributed by atoms with Crippen molar-refractivity contribution in [2.24, 2.45) is 0 Å². The quantitative estimate of drug-likeness (QED) is 0.845. The monoisotopic (exact) mass is 354 g/mol. The highest BCUT2D eigenvalue weighted by molar-refractivity contribution is 7.91. The molecule has 0 aromatic heterocycles. The highest BCUT2D eigenvalue weighted by Crippen LogP contribution is 2.50. The topological polar surface area (TPSA) is 63.6 Å². The Hall–Kier alpha value is -1.35. The first-order valence-corrected chi connectivity index (χ1v) is 8.64. The Balaban J connectivity index is 2.08. The van der Waals surface area contributed by atoms with Crippen LogP contribution in [0.2, 0.25) is 0 Å². The molecule has 1 aromatic rings. The van der Waals surface area contributed by atoms with Gasteiger partial charge < -0.3 is 9.84 Å². The van der Waals surface area contributed by atoms with Gasteiger partial charge in [-0.3, -0.25) is 0 Å². The zero-order chi connectivity index (χ0) is 16.9. The van der Waals surface area contributed by atoms with Gasteiger partial charge in [0.25, 0.3) is 0 Å². The molecule has 128 valence electrons. The lowest BCUT2D eigenvalue weighted by Crippen LogP contribution is -2.35. The van der Waals surface area contributed by atoms with E-state index in [1.165, 1.54) is 0 Å². The van der Waals surface area contributed by atoms with Crippen molar-refractivity contribution in [2.75, 3.05) is 6.01 Å². The standard InChI is InChI=1S/C14H14F4O4S/c15-5-23(20,21)9-2-1-8(22-7-3-6(16)4-7)10-11(9)14(19)13(18)12(10)17/h1-2,6-7,12-14,19H,3-5H2/t6?,7?,12-,13-,14+/m1/s1. The second kappa shape index (κ2) is 5.62. The summed E-state index contributed by atoms with van der Waals surface area (Å²) in [6.45, 7) is 0. The first kappa shape index (κ1) is 16.5. The first-order chi connectivity index (χ1) is 10.8. The molecule has 2 aliphatic carbocycles. The average Bonchev–Trinajstić information content (AvgIpc) is 2.71. The third-order valence-corrected chi connectivity index (χ3v) is 5.48. The van der Waals surface area contributed by atoms with E-state index < -0.39 is 62.6 Å². The summed E-state index contributed by atoms with van der Waals surface area (Å²) in [6, 6.07) is 0.277. The van der Waals surface area contributed by atoms with E-state index in [0.717, 1.165) is 12.1 Å². The molecule has 0 spiro atoms. The summed E-state index contributed by atoms with van der Waals surface area (Å²) in [5.74, 6) is -0.151. The third-order valence-electron chi connectivity index (χ3n) is 4.17. The Bertz CT molecular complexity index is 718. The molecule has 0 bridgehead atoms. The van der Waals surface area contributed by atoms with Gasteiger partial charge in [-0.15, -0.1) is 0 Å². The first-order valence-electron chi connectivity index (χ1n) is 6.98. The number of benzene rings is 1. The van der Waals surface area contributed by atoms with Crippen LogP contribution in [0.5, 0.6) is 5.75 Å². The van der Waals surface area contributed by atoms with E-state index >= 15 is 0 Å². The average molecular weight is 354 g/mol. The lowest BCUT2D eigenvalue weighted by molar-refractivity contribution is 0.0353. The highest BCUT2D eigenvalue weighted by Gasteiger charge is 2.46. The molecule has 23 heavy (non-hydrogen) atoms. The number of fused-ring (bicyclic) bond motifs is 1. The second-order valence-electron chi connectivity index (χ2n) is 5.71. The van der Waals surface area contributed by atoms with Crippen molar-refractivity contribution < 1.29 is 35.8 Å². The number of hydrogen-bond acceptors (Lipinski definition) is 4. The molecule has 0 unspecified atom stereocenters. The van der Waals surface area contributed by atoms with Crippen molar-refractivity contribution in [3.63, 3.8) is 0 Å². The van der Waals surface area contributed by atoms with Gasteiger partial charge in [-0.05, 0) is 12.1 Å². The summed E-state index contributed by atoms with van der Waals surface area (Å²) in [5, 5.41) is 9.81. The normalized spacial score (nSPS) is 33.2. The van der Waals surface area contributed by atoms with Crippen LogP contribution < -0.4 is 4.74 Å². The number of aliphatic hydroxyl groups is 1. The molecule has 2 aliphatic rings. The molecule has 0 amide bonds. The predicted molar refractivity (Wildman–Crippen MR) is 71.9 cm³/mol. The molecule has 4 nitrogen and oxygen atoms in total. The fraction of sp³-hybridized carbons (Fsp3) is 0.571. The van der Waals surface area contributed by atoms with E-state index in [2.05, 4.69) is 0 Å². The van der Waals surface area contributed by atoms with Crippen LogP contribution >= 0.6 is 0 Å². The van der Waals surface area contributed by atoms with E-state index in [4.69, 9.17) is 4.74 Å². The Labute approximate surface area is 130 Å². The molecule has 1 N–H and O–H groups in total. The second-order valence-corrected chi connectivity index (χ2v) is 7.60. The highest BCUT2D eigenvalue weighted by atomic mass is 32.2. The molecule has 1 saturated carbocycles. The van der Waals surface area contributed by atoms with Gasteiger partial charge in [0, 0.05) is 24.0 Å². The maximum Gasteiger partial charge on any atom is 0.207 e. The number of rotatable bonds is 4. The van der Waals surface area contributed by atoms with Gasteiger partial charge in [0.15, 0.2) is 18.3 Å². The fourth-order valence-electron chi connectivity index (χ4n) is 2.87. The lowest BCUT2D eigenvalue weighted by atomic mass is 9.93. The Morgan fingerprint density at radius 1 is 1.17 bits per heavy atom. The van der Waals surface area contributed by atoms with Gasteiger partial charge in [0.2, 0.25) is 9.84 Å². The van der Waals surface area contributed by atoms with E-state index in [0.29, 0.717) is 0 Å². The molecule has 0 heterocycles. The van der Waals surface area contributed by atoms with Gasteiger partial charge in [0.05, 0.1) is 4.90 Å². The summed E-state index contributed by atoms with van der Waals surface area (Å²) in [5.41, 5.74) is -0.960. The zero-order valence-corrected chi connectivity index (χ0v) is 12.6. The van der Waals surface area contributed by atoms with Crippen molar-refractivity contribution in [3.8, 4) is 5.75 Å². The number of hydrogen-bond donors (Lipinski definition) is 1. The molecule has 3 atom stereocenters. The van der Waals surface area contributed by atoms with Crippen LogP contribution in [-0.4, -0.2) is 38.0 Å². The molecular weight excluding hydrogens is 340 g/mol. The summed E-state index contributed by atoms with van der Waals surface area (Å²) >= 11 is 0. The van der Waals surface area contributed by atoms with E-state index in [-0.39, 0.29) is 18.6 Å². The minimum atomic E-state index is -4.42. The SMILES string of the molecule is O=S(=O)(CF)c1ccc(OC2CC(F)C2)c2c1[C@H](O)[C@H](F)[C@@H]2F. The van der Waals surface area contributed by atoms with Crippen molar-refractivity contribution in [3.05, 3.63) is 23.3 Å². The Morgan fingerprint density at radius 2 is 1.83 bits per heavy atom. The summed E-state index contributed by atoms with van der Waals surface area (Å²) in [4.78, 5) is -0.658. The van der Waals surface area contributed by atoms with Gasteiger partial charge in [0.1, 0.15) is 24.1 Å². The molecule has 1 aromatic carbocycles. The fourth-order valence-corrected chi connectivity index (χ4v) is 3.83. The Morgan fingerprint density at radius 3 is 2.39 bits per heavy atom. The zero-order valence-electron chi connectivity index (χ0n) is 11.8. The largest absolute Gasteiger partial charge is 0.490 e. The van der Waals surface area contributed by atoms with Crippen LogP contribution in [0, 0.1) is 0 Å². The molecule has 0 saturated heterocycles. The number of ether oxygens (including phenoxy) is 1. The Kier molecular flexibility index (Phi) is 4.04. The number of halogens is 4. The summed E-state index contributed by atoms with van der Waals surface area (Å²) in [6.07, 6.45) is -8.07. The van der Waals surface area contributed by atoms with Crippen LogP contribution in [0.25, 0.3) is 0 Å². The van der Waals surface area contributed by atoms with Crippen molar-refractivity contribution in [2.45, 2.75) is 48.5 Å². The number of sulfone groups is 1. The number of aliphatic hydroxyl groups excluding tert-OH is 1. The lowest BCUT2D eigenvalue weighted by Gasteiger charge is -2.31. The summed E-state index contributed by atoms with van der Waals surface area (Å²) in [7, 11) is -4.42. The molecule has 0 radical (unpaired) electrons. The maximum absolute atomic E-state index is 14.2. The minimum Gasteiger partial charge on any atom is -0.490 e. The van der Waals surface area contributed by atoms with Gasteiger partial charge in [-0.25, -0.2) is 26.0 Å². The van der Waals surface area contributed by atoms with Crippen LogP contribution in [0.1, 0.15) is 36.2 Å². The van der Waals surface area contributed by atoms with Gasteiger partial charge >= 0.3 is 0 Å². The van der Waals surface area contributed by atoms with E-state index in [1.807, 2.05) is 0 Å². The van der Waals surface area contributed by atoms with E-state index in [1.54, 1.807) is 0 Å². The van der Waals surface area contributed by atoms with Crippen molar-refractivity contribution >= 4 is 9.84 Å². The van der Waals surface area contributed by atoms with Gasteiger partial charge in [-0.1, -0.05) is 0 Å². The van der Waals surface area contributed by atoms with Crippen LogP contribution in [0.15, 0.2) is 17.0 Å². The van der Waals surface area contributed by atoms with Crippen LogP contribution in [0.4, 0.5) is 17.6 Å². The molecule has 1 fully saturated rings. The van der Waals surface area contributed by atoms with Gasteiger partial charge in [-0.2, -0.15) is 0 Å². The van der Waals surface area contributed by atoms with Crippen molar-refractivity contribution in [1.29, 1.82) is 0 Å². The predicted octanol–water partition coefficient (Wildman–Crippen LogP) is 2.66. The summed E-state index contributed by atoms with van der Waals surface area (Å²) < 4.78 is 82.4. The molecule has 3 rings (SSSR count). The smallest absolute Gasteiger partial charge is 0.207 e. The number of alkyl halides is 4. The maximum atomic E-state index is 14.2. The minimum absolute atomic E-state index is 0.0951. The molecule has 0 aliphatic heterocycles. The van der Waals surface area contributed by atoms with Crippen LogP contribution in [0.3, 0.4) is 0 Å². The van der Waals surface area contributed by atoms with E-state index in [9.17, 15) is 31.1 Å². The van der Waals surface area contributed by atoms with Crippen LogP contribution in [-0.2, 0) is 9.84 Å². The molecule has 9 heteroatoms. The molecular formula is C14H14F4O4S.